The number of fused-ring (bicyclic) bond motifs is 1. The second-order valence-electron chi connectivity index (χ2n) is 5.30. The normalized spacial score (nSPS) is 10.9. The highest BCUT2D eigenvalue weighted by molar-refractivity contribution is 5.96. The Morgan fingerprint density at radius 1 is 1.04 bits per heavy atom. The summed E-state index contributed by atoms with van der Waals surface area (Å²) in [6.45, 7) is 0. The number of hydrogen-bond acceptors (Lipinski definition) is 6. The first-order valence-corrected chi connectivity index (χ1v) is 7.78. The molecule has 134 valence electrons. The summed E-state index contributed by atoms with van der Waals surface area (Å²) in [6, 6.07) is 12.5. The van der Waals surface area contributed by atoms with Gasteiger partial charge in [-0.05, 0) is 24.3 Å². The summed E-state index contributed by atoms with van der Waals surface area (Å²) in [6.07, 6.45) is 1.44. The van der Waals surface area contributed by atoms with Crippen molar-refractivity contribution in [3.05, 3.63) is 53.8 Å². The van der Waals surface area contributed by atoms with Crippen LogP contribution in [0.25, 0.3) is 11.0 Å². The number of para-hydroxylation sites is 1. The summed E-state index contributed by atoms with van der Waals surface area (Å²) >= 11 is 0. The molecular weight excluding hydrogens is 336 g/mol. The third kappa shape index (κ3) is 3.46. The summed E-state index contributed by atoms with van der Waals surface area (Å²) in [7, 11) is 4.47. The van der Waals surface area contributed by atoms with Crippen LogP contribution in [0.1, 0.15) is 16.1 Å². The largest absolute Gasteiger partial charge is 0.493 e. The molecule has 7 nitrogen and oxygen atoms in total. The zero-order valence-corrected chi connectivity index (χ0v) is 14.6. The molecule has 0 radical (unpaired) electrons. The Balaban J connectivity index is 1.77. The average Bonchev–Trinajstić information content (AvgIpc) is 3.09. The van der Waals surface area contributed by atoms with Gasteiger partial charge in [0.25, 0.3) is 5.91 Å². The van der Waals surface area contributed by atoms with Gasteiger partial charge in [0.1, 0.15) is 11.3 Å². The molecule has 0 atom stereocenters. The van der Waals surface area contributed by atoms with Crippen molar-refractivity contribution in [2.45, 2.75) is 0 Å². The molecule has 0 fully saturated rings. The van der Waals surface area contributed by atoms with Crippen LogP contribution in [0.3, 0.4) is 0 Å². The minimum absolute atomic E-state index is 0.321. The summed E-state index contributed by atoms with van der Waals surface area (Å²) in [5.41, 5.74) is 3.53. The predicted octanol–water partition coefficient (Wildman–Crippen LogP) is 3.22. The second-order valence-corrected chi connectivity index (χ2v) is 5.30. The van der Waals surface area contributed by atoms with Gasteiger partial charge in [0.2, 0.25) is 5.75 Å². The van der Waals surface area contributed by atoms with Crippen molar-refractivity contribution in [2.24, 2.45) is 5.10 Å². The van der Waals surface area contributed by atoms with Crippen LogP contribution in [0.5, 0.6) is 17.2 Å². The number of carbonyl (C=O) groups is 1. The van der Waals surface area contributed by atoms with Crippen LogP contribution in [0.4, 0.5) is 0 Å². The van der Waals surface area contributed by atoms with Crippen molar-refractivity contribution in [1.82, 2.24) is 5.43 Å². The monoisotopic (exact) mass is 354 g/mol. The molecule has 0 aliphatic carbocycles. The van der Waals surface area contributed by atoms with Crippen LogP contribution in [0.15, 0.2) is 52.0 Å². The summed E-state index contributed by atoms with van der Waals surface area (Å²) in [5, 5.41) is 4.90. The van der Waals surface area contributed by atoms with Gasteiger partial charge in [-0.15, -0.1) is 0 Å². The van der Waals surface area contributed by atoms with Gasteiger partial charge in [-0.25, -0.2) is 5.43 Å². The number of hydrogen-bond donors (Lipinski definition) is 1. The molecule has 1 heterocycles. The molecule has 0 aliphatic rings. The van der Waals surface area contributed by atoms with Gasteiger partial charge in [-0.1, -0.05) is 18.2 Å². The maximum Gasteiger partial charge on any atom is 0.271 e. The summed E-state index contributed by atoms with van der Waals surface area (Å²) in [5.74, 6) is 1.31. The lowest BCUT2D eigenvalue weighted by molar-refractivity contribution is 0.0954. The van der Waals surface area contributed by atoms with Crippen LogP contribution in [0.2, 0.25) is 0 Å². The number of methoxy groups -OCH3 is 3. The van der Waals surface area contributed by atoms with Crippen molar-refractivity contribution in [2.75, 3.05) is 21.3 Å². The fourth-order valence-corrected chi connectivity index (χ4v) is 2.50. The van der Waals surface area contributed by atoms with Crippen LogP contribution in [-0.2, 0) is 0 Å². The molecular formula is C19H18N2O5. The molecule has 3 aromatic rings. The number of benzene rings is 2. The maximum atomic E-state index is 12.3. The number of amides is 1. The van der Waals surface area contributed by atoms with Gasteiger partial charge in [-0.3, -0.25) is 4.79 Å². The van der Waals surface area contributed by atoms with E-state index in [1.807, 2.05) is 30.3 Å². The van der Waals surface area contributed by atoms with Crippen molar-refractivity contribution in [3.63, 3.8) is 0 Å². The minimum Gasteiger partial charge on any atom is -0.493 e. The Morgan fingerprint density at radius 2 is 1.73 bits per heavy atom. The number of ether oxygens (including phenoxy) is 3. The van der Waals surface area contributed by atoms with Gasteiger partial charge in [0.15, 0.2) is 11.5 Å². The van der Waals surface area contributed by atoms with Gasteiger partial charge in [0, 0.05) is 10.9 Å². The molecule has 0 unspecified atom stereocenters. The van der Waals surface area contributed by atoms with E-state index in [0.29, 0.717) is 28.6 Å². The van der Waals surface area contributed by atoms with Crippen LogP contribution in [-0.4, -0.2) is 33.5 Å². The number of nitrogens with one attached hydrogen (secondary N) is 1. The molecule has 1 N–H and O–H groups in total. The van der Waals surface area contributed by atoms with E-state index >= 15 is 0 Å². The Bertz CT molecular complexity index is 903. The highest BCUT2D eigenvalue weighted by Crippen LogP contribution is 2.38. The SMILES string of the molecule is COc1cc(C(=O)NN=Cc2cc3ccccc3o2)cc(OC)c1OC. The zero-order chi connectivity index (χ0) is 18.5. The maximum absolute atomic E-state index is 12.3. The van der Waals surface area contributed by atoms with E-state index in [9.17, 15) is 4.79 Å². The standard InChI is InChI=1S/C19H18N2O5/c1-23-16-9-13(10-17(24-2)18(16)25-3)19(22)21-20-11-14-8-12-6-4-5-7-15(12)26-14/h4-11H,1-3H3,(H,21,22). The third-order valence-corrected chi connectivity index (χ3v) is 3.73. The Morgan fingerprint density at radius 3 is 2.35 bits per heavy atom. The number of hydrazone groups is 1. The first-order chi connectivity index (χ1) is 12.7. The molecule has 1 aromatic heterocycles. The predicted molar refractivity (Wildman–Crippen MR) is 97.4 cm³/mol. The van der Waals surface area contributed by atoms with Crippen molar-refractivity contribution >= 4 is 23.1 Å². The van der Waals surface area contributed by atoms with Crippen molar-refractivity contribution in [3.8, 4) is 17.2 Å². The number of nitrogens with zero attached hydrogens (tertiary/aromatic N) is 1. The molecule has 2 aromatic carbocycles. The van der Waals surface area contributed by atoms with Crippen molar-refractivity contribution < 1.29 is 23.4 Å². The molecule has 0 saturated carbocycles. The lowest BCUT2D eigenvalue weighted by Crippen LogP contribution is -2.18. The Labute approximate surface area is 150 Å². The van der Waals surface area contributed by atoms with Crippen molar-refractivity contribution in [1.29, 1.82) is 0 Å². The van der Waals surface area contributed by atoms with E-state index in [4.69, 9.17) is 18.6 Å². The number of rotatable bonds is 6. The fraction of sp³-hybridized carbons (Fsp3) is 0.158. The van der Waals surface area contributed by atoms with E-state index in [1.165, 1.54) is 27.5 Å². The van der Waals surface area contributed by atoms with E-state index in [1.54, 1.807) is 12.1 Å². The topological polar surface area (TPSA) is 82.3 Å². The first kappa shape index (κ1) is 17.3. The molecule has 26 heavy (non-hydrogen) atoms. The van der Waals surface area contributed by atoms with Crippen LogP contribution in [0, 0.1) is 0 Å². The molecule has 0 saturated heterocycles. The highest BCUT2D eigenvalue weighted by atomic mass is 16.5. The highest BCUT2D eigenvalue weighted by Gasteiger charge is 2.16. The van der Waals surface area contributed by atoms with Crippen LogP contribution >= 0.6 is 0 Å². The van der Waals surface area contributed by atoms with Gasteiger partial charge >= 0.3 is 0 Å². The molecule has 1 amide bonds. The van der Waals surface area contributed by atoms with E-state index < -0.39 is 5.91 Å². The summed E-state index contributed by atoms with van der Waals surface area (Å²) < 4.78 is 21.3. The van der Waals surface area contributed by atoms with Gasteiger partial charge in [0.05, 0.1) is 27.5 Å². The van der Waals surface area contributed by atoms with E-state index in [-0.39, 0.29) is 0 Å². The molecule has 0 bridgehead atoms. The van der Waals surface area contributed by atoms with Gasteiger partial charge in [-0.2, -0.15) is 5.10 Å². The zero-order valence-electron chi connectivity index (χ0n) is 14.6. The minimum atomic E-state index is -0.420. The smallest absolute Gasteiger partial charge is 0.271 e. The second kappa shape index (κ2) is 7.60. The Hall–Kier alpha value is -3.48. The lowest BCUT2D eigenvalue weighted by Gasteiger charge is -2.13. The van der Waals surface area contributed by atoms with E-state index in [0.717, 1.165) is 11.0 Å². The van der Waals surface area contributed by atoms with Crippen LogP contribution < -0.4 is 19.6 Å². The quantitative estimate of drug-likeness (QED) is 0.543. The Kier molecular flexibility index (Phi) is 5.07. The fourth-order valence-electron chi connectivity index (χ4n) is 2.50. The first-order valence-electron chi connectivity index (χ1n) is 7.78. The summed E-state index contributed by atoms with van der Waals surface area (Å²) in [4.78, 5) is 12.3. The molecule has 0 spiro atoms. The molecule has 3 rings (SSSR count). The lowest BCUT2D eigenvalue weighted by atomic mass is 10.1. The molecule has 7 heteroatoms. The number of furan rings is 1. The third-order valence-electron chi connectivity index (χ3n) is 3.73. The van der Waals surface area contributed by atoms with E-state index in [2.05, 4.69) is 10.5 Å². The van der Waals surface area contributed by atoms with Gasteiger partial charge < -0.3 is 18.6 Å². The average molecular weight is 354 g/mol. The molecule has 0 aliphatic heterocycles. The number of carbonyl (C=O) groups excluding carboxylic acids is 1.